The Labute approximate surface area is 142 Å². The van der Waals surface area contributed by atoms with Gasteiger partial charge in [0.25, 0.3) is 5.91 Å². The second-order valence-electron chi connectivity index (χ2n) is 6.20. The van der Waals surface area contributed by atoms with E-state index in [-0.39, 0.29) is 17.9 Å². The first-order valence-corrected chi connectivity index (χ1v) is 8.49. The summed E-state index contributed by atoms with van der Waals surface area (Å²) in [5, 5.41) is 0. The topological polar surface area (TPSA) is 59.1 Å². The van der Waals surface area contributed by atoms with Gasteiger partial charge < -0.3 is 19.3 Å². The lowest BCUT2D eigenvalue weighted by molar-refractivity contribution is -0.145. The van der Waals surface area contributed by atoms with Gasteiger partial charge in [-0.15, -0.1) is 0 Å². The van der Waals surface area contributed by atoms with Gasteiger partial charge >= 0.3 is 0 Å². The maximum Gasteiger partial charge on any atom is 0.251 e. The molecule has 0 radical (unpaired) electrons. The van der Waals surface area contributed by atoms with Crippen molar-refractivity contribution in [3.8, 4) is 5.75 Å². The molecular formula is C18H24N2O4. The van der Waals surface area contributed by atoms with E-state index in [2.05, 4.69) is 0 Å². The largest absolute Gasteiger partial charge is 0.496 e. The smallest absolute Gasteiger partial charge is 0.251 e. The van der Waals surface area contributed by atoms with Crippen molar-refractivity contribution < 1.29 is 19.1 Å². The fraction of sp³-hybridized carbons (Fsp3) is 0.556. The molecule has 2 aliphatic heterocycles. The van der Waals surface area contributed by atoms with Gasteiger partial charge in [-0.2, -0.15) is 0 Å². The fourth-order valence-electron chi connectivity index (χ4n) is 3.28. The number of para-hydroxylation sites is 1. The highest BCUT2D eigenvalue weighted by atomic mass is 16.5. The lowest BCUT2D eigenvalue weighted by Crippen LogP contribution is -2.53. The third kappa shape index (κ3) is 3.70. The second-order valence-corrected chi connectivity index (χ2v) is 6.20. The highest BCUT2D eigenvalue weighted by molar-refractivity contribution is 5.82. The van der Waals surface area contributed by atoms with Gasteiger partial charge in [-0.25, -0.2) is 0 Å². The zero-order chi connectivity index (χ0) is 16.9. The molecule has 0 bridgehead atoms. The molecule has 130 valence electrons. The van der Waals surface area contributed by atoms with Crippen LogP contribution in [0.3, 0.4) is 0 Å². The predicted octanol–water partition coefficient (Wildman–Crippen LogP) is 1.09. The van der Waals surface area contributed by atoms with Crippen LogP contribution in [0.5, 0.6) is 5.75 Å². The normalized spacial score (nSPS) is 21.0. The van der Waals surface area contributed by atoms with E-state index in [9.17, 15) is 9.59 Å². The quantitative estimate of drug-likeness (QED) is 0.828. The van der Waals surface area contributed by atoms with Crippen LogP contribution in [0.2, 0.25) is 0 Å². The molecule has 2 heterocycles. The summed E-state index contributed by atoms with van der Waals surface area (Å²) >= 11 is 0. The van der Waals surface area contributed by atoms with E-state index in [0.29, 0.717) is 39.2 Å². The van der Waals surface area contributed by atoms with Crippen molar-refractivity contribution in [2.75, 3.05) is 39.9 Å². The molecule has 0 N–H and O–H groups in total. The van der Waals surface area contributed by atoms with Gasteiger partial charge in [0.15, 0.2) is 0 Å². The molecule has 1 aromatic carbocycles. The summed E-state index contributed by atoms with van der Waals surface area (Å²) in [7, 11) is 1.61. The van der Waals surface area contributed by atoms with Crippen molar-refractivity contribution in [1.29, 1.82) is 0 Å². The summed E-state index contributed by atoms with van der Waals surface area (Å²) in [6, 6.07) is 7.57. The molecule has 2 saturated heterocycles. The van der Waals surface area contributed by atoms with Crippen molar-refractivity contribution in [2.45, 2.75) is 25.4 Å². The van der Waals surface area contributed by atoms with Crippen LogP contribution in [0.1, 0.15) is 18.4 Å². The van der Waals surface area contributed by atoms with Crippen LogP contribution in [0.25, 0.3) is 0 Å². The standard InChI is InChI=1S/C18H24N2O4/c1-23-15-6-3-2-5-14(15)13-17(21)19-8-10-20(11-9-19)18(22)16-7-4-12-24-16/h2-3,5-6,16H,4,7-13H2,1H3. The van der Waals surface area contributed by atoms with E-state index >= 15 is 0 Å². The third-order valence-electron chi connectivity index (χ3n) is 4.68. The van der Waals surface area contributed by atoms with Crippen LogP contribution in [0.15, 0.2) is 24.3 Å². The zero-order valence-corrected chi connectivity index (χ0v) is 14.1. The van der Waals surface area contributed by atoms with Crippen LogP contribution in [-0.4, -0.2) is 67.6 Å². The second kappa shape index (κ2) is 7.66. The maximum absolute atomic E-state index is 12.5. The number of nitrogens with zero attached hydrogens (tertiary/aromatic N) is 2. The van der Waals surface area contributed by atoms with Gasteiger partial charge in [-0.3, -0.25) is 9.59 Å². The lowest BCUT2D eigenvalue weighted by atomic mass is 10.1. The van der Waals surface area contributed by atoms with Crippen molar-refractivity contribution in [1.82, 2.24) is 9.80 Å². The van der Waals surface area contributed by atoms with Gasteiger partial charge in [0.2, 0.25) is 5.91 Å². The van der Waals surface area contributed by atoms with E-state index in [4.69, 9.17) is 9.47 Å². The first-order chi connectivity index (χ1) is 11.7. The summed E-state index contributed by atoms with van der Waals surface area (Å²) in [5.41, 5.74) is 0.892. The Morgan fingerprint density at radius 1 is 1.17 bits per heavy atom. The summed E-state index contributed by atoms with van der Waals surface area (Å²) in [6.45, 7) is 2.99. The summed E-state index contributed by atoms with van der Waals surface area (Å²) in [5.74, 6) is 0.881. The van der Waals surface area contributed by atoms with Crippen LogP contribution in [0, 0.1) is 0 Å². The lowest BCUT2D eigenvalue weighted by Gasteiger charge is -2.35. The minimum absolute atomic E-state index is 0.0729. The van der Waals surface area contributed by atoms with E-state index in [0.717, 1.165) is 24.2 Å². The van der Waals surface area contributed by atoms with Gasteiger partial charge in [-0.05, 0) is 18.9 Å². The minimum Gasteiger partial charge on any atom is -0.496 e. The summed E-state index contributed by atoms with van der Waals surface area (Å²) in [6.07, 6.45) is 1.81. The molecule has 1 atom stereocenters. The molecule has 3 rings (SSSR count). The average Bonchev–Trinajstić information content (AvgIpc) is 3.16. The van der Waals surface area contributed by atoms with E-state index in [1.807, 2.05) is 34.1 Å². The van der Waals surface area contributed by atoms with Gasteiger partial charge in [-0.1, -0.05) is 18.2 Å². The number of hydrogen-bond donors (Lipinski definition) is 0. The number of hydrogen-bond acceptors (Lipinski definition) is 4. The molecule has 2 aliphatic rings. The molecule has 2 fully saturated rings. The Hall–Kier alpha value is -2.08. The van der Waals surface area contributed by atoms with Crippen LogP contribution < -0.4 is 4.74 Å². The molecule has 6 heteroatoms. The molecule has 1 unspecified atom stereocenters. The highest BCUT2D eigenvalue weighted by Gasteiger charge is 2.31. The summed E-state index contributed by atoms with van der Waals surface area (Å²) in [4.78, 5) is 28.5. The Bertz CT molecular complexity index is 590. The van der Waals surface area contributed by atoms with Gasteiger partial charge in [0, 0.05) is 38.3 Å². The van der Waals surface area contributed by atoms with E-state index < -0.39 is 0 Å². The Morgan fingerprint density at radius 2 is 1.88 bits per heavy atom. The number of carbonyl (C=O) groups is 2. The molecular weight excluding hydrogens is 308 g/mol. The number of amides is 2. The predicted molar refractivity (Wildman–Crippen MR) is 88.8 cm³/mol. The highest BCUT2D eigenvalue weighted by Crippen LogP contribution is 2.20. The molecule has 6 nitrogen and oxygen atoms in total. The molecule has 0 aromatic heterocycles. The van der Waals surface area contributed by atoms with Gasteiger partial charge in [0.1, 0.15) is 11.9 Å². The maximum atomic E-state index is 12.5. The number of methoxy groups -OCH3 is 1. The number of rotatable bonds is 4. The number of benzene rings is 1. The average molecular weight is 332 g/mol. The van der Waals surface area contributed by atoms with Crippen molar-refractivity contribution in [3.63, 3.8) is 0 Å². The fourth-order valence-corrected chi connectivity index (χ4v) is 3.28. The number of carbonyl (C=O) groups excluding carboxylic acids is 2. The van der Waals surface area contributed by atoms with Crippen LogP contribution in [-0.2, 0) is 20.7 Å². The van der Waals surface area contributed by atoms with Gasteiger partial charge in [0.05, 0.1) is 13.5 Å². The monoisotopic (exact) mass is 332 g/mol. The van der Waals surface area contributed by atoms with Crippen LogP contribution >= 0.6 is 0 Å². The molecule has 0 aliphatic carbocycles. The number of ether oxygens (including phenoxy) is 2. The van der Waals surface area contributed by atoms with Crippen molar-refractivity contribution in [2.24, 2.45) is 0 Å². The molecule has 1 aromatic rings. The molecule has 2 amide bonds. The Kier molecular flexibility index (Phi) is 5.35. The first kappa shape index (κ1) is 16.8. The first-order valence-electron chi connectivity index (χ1n) is 8.49. The SMILES string of the molecule is COc1ccccc1CC(=O)N1CCN(C(=O)C2CCCO2)CC1. The van der Waals surface area contributed by atoms with Crippen LogP contribution in [0.4, 0.5) is 0 Å². The molecule has 0 spiro atoms. The third-order valence-corrected chi connectivity index (χ3v) is 4.68. The van der Waals surface area contributed by atoms with Crippen molar-refractivity contribution in [3.05, 3.63) is 29.8 Å². The zero-order valence-electron chi connectivity index (χ0n) is 14.1. The summed E-state index contributed by atoms with van der Waals surface area (Å²) < 4.78 is 10.8. The van der Waals surface area contributed by atoms with E-state index in [1.54, 1.807) is 7.11 Å². The number of piperazine rings is 1. The molecule has 0 saturated carbocycles. The van der Waals surface area contributed by atoms with Crippen molar-refractivity contribution >= 4 is 11.8 Å². The van der Waals surface area contributed by atoms with E-state index in [1.165, 1.54) is 0 Å². The Morgan fingerprint density at radius 3 is 2.54 bits per heavy atom. The molecule has 24 heavy (non-hydrogen) atoms. The Balaban J connectivity index is 1.52. The minimum atomic E-state index is -0.277.